The summed E-state index contributed by atoms with van der Waals surface area (Å²) in [6.45, 7) is 3.70. The zero-order chi connectivity index (χ0) is 16.8. The third-order valence-electron chi connectivity index (χ3n) is 3.92. The van der Waals surface area contributed by atoms with E-state index in [1.807, 2.05) is 0 Å². The van der Waals surface area contributed by atoms with Gasteiger partial charge in [-0.2, -0.15) is 13.2 Å². The van der Waals surface area contributed by atoms with E-state index in [2.05, 4.69) is 0 Å². The number of morpholine rings is 1. The average molecular weight is 323 g/mol. The molecule has 8 heteroatoms. The zero-order valence-electron chi connectivity index (χ0n) is 12.8. The quantitative estimate of drug-likeness (QED) is 0.728. The van der Waals surface area contributed by atoms with Crippen LogP contribution in [-0.2, 0) is 19.1 Å². The van der Waals surface area contributed by atoms with Gasteiger partial charge in [-0.05, 0) is 20.8 Å². The maximum Gasteiger partial charge on any atom is 0.418 e. The van der Waals surface area contributed by atoms with Gasteiger partial charge in [-0.25, -0.2) is 0 Å². The molecule has 0 N–H and O–H groups in total. The number of esters is 1. The fourth-order valence-corrected chi connectivity index (χ4v) is 2.95. The van der Waals surface area contributed by atoms with Crippen molar-refractivity contribution < 1.29 is 32.2 Å². The molecule has 1 amide bonds. The standard InChI is InChI=1S/C14H20F3NO4/c1-12(2)7-18(8-13(3,22-12)14(15,16)17)10(19)4-9-5-11(20)21-6-9/h9H,4-8H2,1-3H3. The Morgan fingerprint density at radius 3 is 2.45 bits per heavy atom. The minimum atomic E-state index is -4.57. The lowest BCUT2D eigenvalue weighted by Gasteiger charge is -2.49. The van der Waals surface area contributed by atoms with Crippen molar-refractivity contribution in [3.8, 4) is 0 Å². The summed E-state index contributed by atoms with van der Waals surface area (Å²) in [5.74, 6) is -1.04. The smallest absolute Gasteiger partial charge is 0.418 e. The van der Waals surface area contributed by atoms with Gasteiger partial charge < -0.3 is 14.4 Å². The first-order valence-electron chi connectivity index (χ1n) is 7.12. The highest BCUT2D eigenvalue weighted by atomic mass is 19.4. The first-order valence-corrected chi connectivity index (χ1v) is 7.12. The van der Waals surface area contributed by atoms with E-state index in [4.69, 9.17) is 9.47 Å². The van der Waals surface area contributed by atoms with Crippen molar-refractivity contribution >= 4 is 11.9 Å². The zero-order valence-corrected chi connectivity index (χ0v) is 12.8. The molecule has 2 unspecified atom stereocenters. The molecule has 0 spiro atoms. The van der Waals surface area contributed by atoms with Crippen LogP contribution in [-0.4, -0.2) is 53.9 Å². The van der Waals surface area contributed by atoms with E-state index in [9.17, 15) is 22.8 Å². The van der Waals surface area contributed by atoms with Crippen LogP contribution in [0.25, 0.3) is 0 Å². The minimum absolute atomic E-state index is 0.00968. The normalized spacial score (nSPS) is 32.0. The largest absolute Gasteiger partial charge is 0.465 e. The predicted molar refractivity (Wildman–Crippen MR) is 69.9 cm³/mol. The van der Waals surface area contributed by atoms with Crippen molar-refractivity contribution in [2.45, 2.75) is 51.0 Å². The Balaban J connectivity index is 2.09. The molecule has 0 aliphatic carbocycles. The summed E-state index contributed by atoms with van der Waals surface area (Å²) in [6.07, 6.45) is -4.43. The predicted octanol–water partition coefficient (Wildman–Crippen LogP) is 1.90. The number of hydrogen-bond donors (Lipinski definition) is 0. The second-order valence-corrected chi connectivity index (χ2v) is 6.80. The number of carbonyl (C=O) groups excluding carboxylic acids is 2. The Labute approximate surface area is 126 Å². The highest BCUT2D eigenvalue weighted by molar-refractivity contribution is 5.79. The monoisotopic (exact) mass is 323 g/mol. The highest BCUT2D eigenvalue weighted by Gasteiger charge is 2.58. The van der Waals surface area contributed by atoms with Crippen LogP contribution in [0.15, 0.2) is 0 Å². The van der Waals surface area contributed by atoms with Gasteiger partial charge >= 0.3 is 12.1 Å². The maximum absolute atomic E-state index is 13.2. The van der Waals surface area contributed by atoms with Gasteiger partial charge in [0.2, 0.25) is 5.91 Å². The van der Waals surface area contributed by atoms with Crippen LogP contribution in [0.1, 0.15) is 33.6 Å². The molecule has 0 saturated carbocycles. The number of halogens is 3. The summed E-state index contributed by atoms with van der Waals surface area (Å²) < 4.78 is 49.7. The summed E-state index contributed by atoms with van der Waals surface area (Å²) in [4.78, 5) is 24.5. The van der Waals surface area contributed by atoms with E-state index < -0.39 is 29.8 Å². The SMILES string of the molecule is CC1(C)CN(C(=O)CC2COC(=O)C2)CC(C)(C(F)(F)F)O1. The van der Waals surface area contributed by atoms with E-state index in [0.29, 0.717) is 0 Å². The second-order valence-electron chi connectivity index (χ2n) is 6.80. The van der Waals surface area contributed by atoms with Crippen LogP contribution < -0.4 is 0 Å². The van der Waals surface area contributed by atoms with E-state index in [1.54, 1.807) is 0 Å². The number of ether oxygens (including phenoxy) is 2. The lowest BCUT2D eigenvalue weighted by molar-refractivity contribution is -0.320. The highest BCUT2D eigenvalue weighted by Crippen LogP contribution is 2.40. The molecular formula is C14H20F3NO4. The van der Waals surface area contributed by atoms with E-state index in [1.165, 1.54) is 18.7 Å². The molecule has 2 aliphatic rings. The molecular weight excluding hydrogens is 303 g/mol. The molecule has 2 rings (SSSR count). The fraction of sp³-hybridized carbons (Fsp3) is 0.857. The van der Waals surface area contributed by atoms with Crippen LogP contribution in [0.3, 0.4) is 0 Å². The Hall–Kier alpha value is -1.31. The molecule has 2 atom stereocenters. The van der Waals surface area contributed by atoms with Gasteiger partial charge in [0.1, 0.15) is 0 Å². The van der Waals surface area contributed by atoms with Gasteiger partial charge in [0.15, 0.2) is 5.60 Å². The number of cyclic esters (lactones) is 1. The topological polar surface area (TPSA) is 55.8 Å². The Morgan fingerprint density at radius 1 is 1.32 bits per heavy atom. The third kappa shape index (κ3) is 3.53. The summed E-state index contributed by atoms with van der Waals surface area (Å²) in [5, 5.41) is 0. The Bertz CT molecular complexity index is 477. The van der Waals surface area contributed by atoms with E-state index >= 15 is 0 Å². The van der Waals surface area contributed by atoms with Crippen LogP contribution in [0, 0.1) is 5.92 Å². The minimum Gasteiger partial charge on any atom is -0.465 e. The van der Waals surface area contributed by atoms with Crippen molar-refractivity contribution in [3.05, 3.63) is 0 Å². The van der Waals surface area contributed by atoms with E-state index in [-0.39, 0.29) is 37.9 Å². The number of nitrogens with zero attached hydrogens (tertiary/aromatic N) is 1. The van der Waals surface area contributed by atoms with Crippen LogP contribution >= 0.6 is 0 Å². The van der Waals surface area contributed by atoms with E-state index in [0.717, 1.165) is 6.92 Å². The lowest BCUT2D eigenvalue weighted by Crippen LogP contribution is -2.65. The van der Waals surface area contributed by atoms with Crippen LogP contribution in [0.5, 0.6) is 0 Å². The number of carbonyl (C=O) groups is 2. The first-order chi connectivity index (χ1) is 9.92. The molecule has 2 saturated heterocycles. The first kappa shape index (κ1) is 17.1. The number of hydrogen-bond acceptors (Lipinski definition) is 4. The fourth-order valence-electron chi connectivity index (χ4n) is 2.95. The summed E-state index contributed by atoms with van der Waals surface area (Å²) >= 11 is 0. The molecule has 0 bridgehead atoms. The number of amides is 1. The lowest BCUT2D eigenvalue weighted by atomic mass is 9.95. The Kier molecular flexibility index (Phi) is 4.18. The molecule has 2 fully saturated rings. The van der Waals surface area contributed by atoms with Gasteiger partial charge in [0.25, 0.3) is 0 Å². The van der Waals surface area contributed by atoms with Crippen molar-refractivity contribution in [2.24, 2.45) is 5.92 Å². The summed E-state index contributed by atoms with van der Waals surface area (Å²) in [7, 11) is 0. The number of rotatable bonds is 2. The van der Waals surface area contributed by atoms with Crippen molar-refractivity contribution in [1.29, 1.82) is 0 Å². The number of alkyl halides is 3. The molecule has 126 valence electrons. The molecule has 0 aromatic carbocycles. The van der Waals surface area contributed by atoms with Gasteiger partial charge in [-0.15, -0.1) is 0 Å². The molecule has 2 heterocycles. The molecule has 22 heavy (non-hydrogen) atoms. The molecule has 0 aromatic rings. The molecule has 2 aliphatic heterocycles. The van der Waals surface area contributed by atoms with Crippen molar-refractivity contribution in [2.75, 3.05) is 19.7 Å². The van der Waals surface area contributed by atoms with Crippen LogP contribution in [0.2, 0.25) is 0 Å². The molecule has 0 radical (unpaired) electrons. The summed E-state index contributed by atoms with van der Waals surface area (Å²) in [5.41, 5.74) is -3.49. The molecule has 0 aromatic heterocycles. The van der Waals surface area contributed by atoms with Crippen molar-refractivity contribution in [3.63, 3.8) is 0 Å². The third-order valence-corrected chi connectivity index (χ3v) is 3.92. The molecule has 5 nitrogen and oxygen atoms in total. The van der Waals surface area contributed by atoms with Crippen molar-refractivity contribution in [1.82, 2.24) is 4.90 Å². The average Bonchev–Trinajstić information content (AvgIpc) is 2.70. The van der Waals surface area contributed by atoms with Gasteiger partial charge in [0, 0.05) is 18.9 Å². The van der Waals surface area contributed by atoms with Gasteiger partial charge in [-0.1, -0.05) is 0 Å². The van der Waals surface area contributed by atoms with Gasteiger partial charge in [0.05, 0.1) is 25.2 Å². The van der Waals surface area contributed by atoms with Crippen LogP contribution in [0.4, 0.5) is 13.2 Å². The summed E-state index contributed by atoms with van der Waals surface area (Å²) in [6, 6.07) is 0. The Morgan fingerprint density at radius 2 is 1.95 bits per heavy atom. The maximum atomic E-state index is 13.2. The van der Waals surface area contributed by atoms with Gasteiger partial charge in [-0.3, -0.25) is 9.59 Å². The second kappa shape index (κ2) is 5.40.